The van der Waals surface area contributed by atoms with Crippen molar-refractivity contribution in [3.63, 3.8) is 0 Å². The Morgan fingerprint density at radius 1 is 0.647 bits per heavy atom. The van der Waals surface area contributed by atoms with Crippen molar-refractivity contribution in [3.8, 4) is 0 Å². The van der Waals surface area contributed by atoms with Crippen molar-refractivity contribution in [1.82, 2.24) is 20.9 Å². The maximum absolute atomic E-state index is 14.5. The van der Waals surface area contributed by atoms with Crippen LogP contribution in [-0.4, -0.2) is 66.8 Å². The second-order valence-electron chi connectivity index (χ2n) is 13.5. The third-order valence-electron chi connectivity index (χ3n) is 9.88. The summed E-state index contributed by atoms with van der Waals surface area (Å²) < 4.78 is 0. The summed E-state index contributed by atoms with van der Waals surface area (Å²) in [6.45, 7) is 1.48. The summed E-state index contributed by atoms with van der Waals surface area (Å²) in [7, 11) is 1.68. The normalized spacial score (nSPS) is 15.1. The molecule has 0 aliphatic carbocycles. The lowest BCUT2D eigenvalue weighted by Crippen LogP contribution is -2.58. The first-order valence-electron chi connectivity index (χ1n) is 17.6. The van der Waals surface area contributed by atoms with Crippen LogP contribution >= 0.6 is 0 Å². The predicted octanol–water partition coefficient (Wildman–Crippen LogP) is 4.30. The molecule has 1 aliphatic rings. The molecule has 4 amide bonds. The number of hydrogen-bond donors (Lipinski definition) is 4. The van der Waals surface area contributed by atoms with E-state index in [0.29, 0.717) is 12.8 Å². The highest BCUT2D eigenvalue weighted by Crippen LogP contribution is 2.22. The number of piperidine rings is 1. The van der Waals surface area contributed by atoms with Crippen LogP contribution in [0.3, 0.4) is 0 Å². The summed E-state index contributed by atoms with van der Waals surface area (Å²) in [5, 5.41) is 13.3. The number of hydrogen-bond acceptors (Lipinski definition) is 5. The minimum absolute atomic E-state index is 0.0929. The Kier molecular flexibility index (Phi) is 11.4. The van der Waals surface area contributed by atoms with Gasteiger partial charge in [-0.05, 0) is 64.2 Å². The summed E-state index contributed by atoms with van der Waals surface area (Å²) >= 11 is 0. The third kappa shape index (κ3) is 8.98. The van der Waals surface area contributed by atoms with E-state index in [2.05, 4.69) is 16.0 Å². The number of amides is 4. The summed E-state index contributed by atoms with van der Waals surface area (Å²) in [5.41, 5.74) is 8.34. The molecule has 5 N–H and O–H groups in total. The first-order valence-corrected chi connectivity index (χ1v) is 17.6. The van der Waals surface area contributed by atoms with Gasteiger partial charge in [-0.15, -0.1) is 0 Å². The summed E-state index contributed by atoms with van der Waals surface area (Å²) in [4.78, 5) is 56.6. The van der Waals surface area contributed by atoms with E-state index in [1.54, 1.807) is 11.9 Å². The molecule has 3 atom stereocenters. The van der Waals surface area contributed by atoms with E-state index in [1.807, 2.05) is 115 Å². The minimum atomic E-state index is -1.06. The summed E-state index contributed by atoms with van der Waals surface area (Å²) in [6, 6.07) is 34.2. The van der Waals surface area contributed by atoms with Crippen LogP contribution in [0.25, 0.3) is 21.5 Å². The van der Waals surface area contributed by atoms with Gasteiger partial charge in [-0.1, -0.05) is 115 Å². The Labute approximate surface area is 298 Å². The van der Waals surface area contributed by atoms with E-state index in [4.69, 9.17) is 5.73 Å². The van der Waals surface area contributed by atoms with Crippen LogP contribution in [0, 0.1) is 5.92 Å². The van der Waals surface area contributed by atoms with Crippen LogP contribution in [0.5, 0.6) is 0 Å². The van der Waals surface area contributed by atoms with E-state index in [1.165, 1.54) is 0 Å². The van der Waals surface area contributed by atoms with E-state index in [9.17, 15) is 19.2 Å². The molecule has 9 nitrogen and oxygen atoms in total. The smallest absolute Gasteiger partial charge is 0.243 e. The number of carbonyl (C=O) groups is 4. The van der Waals surface area contributed by atoms with Gasteiger partial charge in [0.1, 0.15) is 18.1 Å². The molecule has 1 heterocycles. The molecule has 5 aromatic carbocycles. The summed E-state index contributed by atoms with van der Waals surface area (Å²) in [6.07, 6.45) is 2.00. The third-order valence-corrected chi connectivity index (χ3v) is 9.88. The number of benzene rings is 5. The second kappa shape index (κ2) is 16.4. The van der Waals surface area contributed by atoms with Crippen LogP contribution in [0.4, 0.5) is 0 Å². The zero-order valence-corrected chi connectivity index (χ0v) is 28.9. The van der Waals surface area contributed by atoms with Crippen LogP contribution in [0.1, 0.15) is 29.5 Å². The van der Waals surface area contributed by atoms with E-state index in [0.717, 1.165) is 51.3 Å². The highest BCUT2D eigenvalue weighted by Gasteiger charge is 2.35. The summed E-state index contributed by atoms with van der Waals surface area (Å²) in [5.74, 6) is -1.95. The number of carbonyl (C=O) groups excluding carboxylic acids is 4. The number of primary amides is 1. The molecule has 1 aliphatic heterocycles. The number of nitrogens with two attached hydrogens (primary N) is 1. The molecule has 0 spiro atoms. The largest absolute Gasteiger partial charge is 0.368 e. The van der Waals surface area contributed by atoms with Crippen molar-refractivity contribution in [2.45, 2.75) is 50.2 Å². The van der Waals surface area contributed by atoms with Crippen LogP contribution in [0.2, 0.25) is 0 Å². The Bertz CT molecular complexity index is 2010. The van der Waals surface area contributed by atoms with E-state index >= 15 is 0 Å². The van der Waals surface area contributed by atoms with Gasteiger partial charge in [0.25, 0.3) is 0 Å². The molecule has 51 heavy (non-hydrogen) atoms. The zero-order chi connectivity index (χ0) is 35.7. The van der Waals surface area contributed by atoms with Crippen LogP contribution in [0.15, 0.2) is 115 Å². The van der Waals surface area contributed by atoms with Crippen LogP contribution in [-0.2, 0) is 38.4 Å². The molecule has 262 valence electrons. The molecule has 6 rings (SSSR count). The maximum Gasteiger partial charge on any atom is 0.243 e. The molecule has 1 saturated heterocycles. The monoisotopic (exact) mass is 683 g/mol. The molecule has 5 aromatic rings. The molecule has 3 unspecified atom stereocenters. The van der Waals surface area contributed by atoms with Gasteiger partial charge in [-0.2, -0.15) is 0 Å². The van der Waals surface area contributed by atoms with E-state index < -0.39 is 35.8 Å². The number of nitrogens with zero attached hydrogens (tertiary/aromatic N) is 1. The molecule has 1 fully saturated rings. The average Bonchev–Trinajstić information content (AvgIpc) is 3.16. The van der Waals surface area contributed by atoms with Crippen molar-refractivity contribution >= 4 is 45.2 Å². The van der Waals surface area contributed by atoms with Crippen molar-refractivity contribution in [3.05, 3.63) is 132 Å². The Balaban J connectivity index is 1.30. The van der Waals surface area contributed by atoms with Crippen molar-refractivity contribution in [2.24, 2.45) is 11.7 Å². The predicted molar refractivity (Wildman–Crippen MR) is 201 cm³/mol. The molecular weight excluding hydrogens is 638 g/mol. The quantitative estimate of drug-likeness (QED) is 0.147. The fourth-order valence-electron chi connectivity index (χ4n) is 6.93. The lowest BCUT2D eigenvalue weighted by molar-refractivity contribution is -0.143. The van der Waals surface area contributed by atoms with Gasteiger partial charge in [0.05, 0.1) is 0 Å². The van der Waals surface area contributed by atoms with Gasteiger partial charge in [0.2, 0.25) is 23.6 Å². The number of fused-ring (bicyclic) bond motifs is 2. The number of likely N-dealkylation sites (N-methyl/N-ethyl adjacent to an activating group) is 1. The Hall–Kier alpha value is -5.54. The minimum Gasteiger partial charge on any atom is -0.368 e. The Morgan fingerprint density at radius 3 is 1.75 bits per heavy atom. The van der Waals surface area contributed by atoms with E-state index in [-0.39, 0.29) is 31.1 Å². The highest BCUT2D eigenvalue weighted by molar-refractivity contribution is 5.95. The van der Waals surface area contributed by atoms with Gasteiger partial charge in [0.15, 0.2) is 0 Å². The molecule has 0 radical (unpaired) electrons. The highest BCUT2D eigenvalue weighted by atomic mass is 16.2. The van der Waals surface area contributed by atoms with Gasteiger partial charge in [-0.25, -0.2) is 0 Å². The topological polar surface area (TPSA) is 134 Å². The maximum atomic E-state index is 14.5. The Morgan fingerprint density at radius 2 is 1.16 bits per heavy atom. The molecule has 0 saturated carbocycles. The van der Waals surface area contributed by atoms with Crippen molar-refractivity contribution in [1.29, 1.82) is 0 Å². The lowest BCUT2D eigenvalue weighted by atomic mass is 9.94. The van der Waals surface area contributed by atoms with Gasteiger partial charge < -0.3 is 26.6 Å². The van der Waals surface area contributed by atoms with Crippen molar-refractivity contribution in [2.75, 3.05) is 20.1 Å². The second-order valence-corrected chi connectivity index (χ2v) is 13.5. The van der Waals surface area contributed by atoms with Gasteiger partial charge >= 0.3 is 0 Å². The standard InChI is InChI=1S/C42H45N5O4/c1-47(42(51)33-19-21-44-22-20-33)38(27-30-16-18-32-12-6-8-14-35(32)24-30)41(50)46-37(26-29-15-17-31-11-5-7-13-34(31)23-29)40(49)45-36(39(43)48)25-28-9-3-2-4-10-28/h2-18,23-24,33,36-38,44H,19-22,25-27H2,1H3,(H2,43,48)(H,45,49)(H,46,50). The molecular formula is C42H45N5O4. The molecule has 0 bridgehead atoms. The van der Waals surface area contributed by atoms with Crippen LogP contribution < -0.4 is 21.7 Å². The lowest BCUT2D eigenvalue weighted by Gasteiger charge is -2.33. The first-order chi connectivity index (χ1) is 24.7. The average molecular weight is 684 g/mol. The zero-order valence-electron chi connectivity index (χ0n) is 28.9. The number of nitrogens with one attached hydrogen (secondary N) is 3. The fourth-order valence-corrected chi connectivity index (χ4v) is 6.93. The fraction of sp³-hybridized carbons (Fsp3) is 0.286. The first kappa shape index (κ1) is 35.3. The van der Waals surface area contributed by atoms with Gasteiger partial charge in [0, 0.05) is 32.2 Å². The SMILES string of the molecule is CN(C(=O)C1CCNCC1)C(Cc1ccc2ccccc2c1)C(=O)NC(Cc1ccc2ccccc2c1)C(=O)NC(Cc1ccccc1)C(N)=O. The number of rotatable bonds is 13. The van der Waals surface area contributed by atoms with Gasteiger partial charge in [-0.3, -0.25) is 19.2 Å². The molecule has 0 aromatic heterocycles. The van der Waals surface area contributed by atoms with Crippen molar-refractivity contribution < 1.29 is 19.2 Å². The molecule has 9 heteroatoms.